The molecule has 4 heterocycles. The molecule has 0 bridgehead atoms. The minimum absolute atomic E-state index is 0.142. The van der Waals surface area contributed by atoms with Crippen LogP contribution in [-0.2, 0) is 0 Å². The van der Waals surface area contributed by atoms with Crippen LogP contribution in [0.25, 0.3) is 28.0 Å². The number of aliphatic hydroxyl groups excluding tert-OH is 1. The molecule has 0 unspecified atom stereocenters. The molecule has 3 aromatic heterocycles. The minimum Gasteiger partial charge on any atom is -0.393 e. The van der Waals surface area contributed by atoms with Crippen molar-refractivity contribution in [1.82, 2.24) is 19.6 Å². The topological polar surface area (TPSA) is 90.2 Å². The van der Waals surface area contributed by atoms with Crippen molar-refractivity contribution in [3.8, 4) is 0 Å². The summed E-state index contributed by atoms with van der Waals surface area (Å²) in [5.41, 5.74) is 2.02. The first-order valence-electron chi connectivity index (χ1n) is 13.1. The molecule has 4 rings (SSSR count). The lowest BCUT2D eigenvalue weighted by molar-refractivity contribution is 0.0949. The summed E-state index contributed by atoms with van der Waals surface area (Å²) in [6, 6.07) is 1.84. The molecule has 3 aromatic rings. The Morgan fingerprint density at radius 1 is 1.32 bits per heavy atom. The predicted octanol–water partition coefficient (Wildman–Crippen LogP) is 4.01. The van der Waals surface area contributed by atoms with Crippen molar-refractivity contribution >= 4 is 50.9 Å². The number of aromatic nitrogens is 2. The van der Waals surface area contributed by atoms with Gasteiger partial charge in [-0.25, -0.2) is 4.98 Å². The van der Waals surface area contributed by atoms with E-state index in [9.17, 15) is 14.7 Å². The van der Waals surface area contributed by atoms with Gasteiger partial charge in [0.05, 0.1) is 33.9 Å². The highest BCUT2D eigenvalue weighted by molar-refractivity contribution is 7.19. The zero-order valence-electron chi connectivity index (χ0n) is 22.0. The molecule has 8 nitrogen and oxygen atoms in total. The maximum absolute atomic E-state index is 13.9. The molecule has 0 aromatic carbocycles. The first-order chi connectivity index (χ1) is 17.9. The normalized spacial score (nSPS) is 14.9. The van der Waals surface area contributed by atoms with E-state index in [-0.39, 0.29) is 23.0 Å². The predicted molar refractivity (Wildman–Crippen MR) is 154 cm³/mol. The van der Waals surface area contributed by atoms with E-state index in [1.807, 2.05) is 29.5 Å². The van der Waals surface area contributed by atoms with Crippen LogP contribution in [0.5, 0.6) is 0 Å². The molecule has 1 saturated heterocycles. The van der Waals surface area contributed by atoms with Gasteiger partial charge in [-0.3, -0.25) is 14.0 Å². The Morgan fingerprint density at radius 2 is 2.08 bits per heavy atom. The zero-order chi connectivity index (χ0) is 26.5. The average molecular weight is 524 g/mol. The Kier molecular flexibility index (Phi) is 8.79. The summed E-state index contributed by atoms with van der Waals surface area (Å²) in [6.45, 7) is 14.6. The number of hydrogen-bond acceptors (Lipinski definition) is 7. The summed E-state index contributed by atoms with van der Waals surface area (Å²) in [4.78, 5) is 38.0. The second-order valence-corrected chi connectivity index (χ2v) is 10.4. The van der Waals surface area contributed by atoms with Crippen LogP contribution in [-0.4, -0.2) is 70.7 Å². The van der Waals surface area contributed by atoms with Crippen molar-refractivity contribution in [1.29, 1.82) is 0 Å². The van der Waals surface area contributed by atoms with Crippen molar-refractivity contribution in [2.75, 3.05) is 44.2 Å². The van der Waals surface area contributed by atoms with Gasteiger partial charge < -0.3 is 20.2 Å². The maximum Gasteiger partial charge on any atom is 0.258 e. The summed E-state index contributed by atoms with van der Waals surface area (Å²) in [5, 5.41) is 13.3. The van der Waals surface area contributed by atoms with E-state index in [1.165, 1.54) is 11.3 Å². The van der Waals surface area contributed by atoms with Crippen molar-refractivity contribution < 1.29 is 9.90 Å². The van der Waals surface area contributed by atoms with Gasteiger partial charge in [0.15, 0.2) is 0 Å². The molecule has 1 aliphatic heterocycles. The van der Waals surface area contributed by atoms with Crippen molar-refractivity contribution in [2.24, 2.45) is 0 Å². The Morgan fingerprint density at radius 3 is 2.73 bits per heavy atom. The Hall–Kier alpha value is -3.01. The maximum atomic E-state index is 13.9. The second kappa shape index (κ2) is 12.0. The fourth-order valence-corrected chi connectivity index (χ4v) is 6.06. The van der Waals surface area contributed by atoms with Gasteiger partial charge in [0.2, 0.25) is 5.43 Å². The van der Waals surface area contributed by atoms with Crippen LogP contribution in [0.3, 0.4) is 0 Å². The number of aliphatic hydroxyl groups is 1. The number of hydrogen-bond donors (Lipinski definition) is 2. The third-order valence-electron chi connectivity index (χ3n) is 6.92. The monoisotopic (exact) mass is 523 g/mol. The molecule has 0 atom stereocenters. The van der Waals surface area contributed by atoms with Gasteiger partial charge in [-0.05, 0) is 57.5 Å². The first-order valence-corrected chi connectivity index (χ1v) is 13.9. The van der Waals surface area contributed by atoms with Crippen molar-refractivity contribution in [3.63, 3.8) is 0 Å². The van der Waals surface area contributed by atoms with Crippen molar-refractivity contribution in [3.05, 3.63) is 51.3 Å². The lowest BCUT2D eigenvalue weighted by atomic mass is 10.1. The van der Waals surface area contributed by atoms with Gasteiger partial charge in [0.1, 0.15) is 16.0 Å². The number of piperidine rings is 1. The van der Waals surface area contributed by atoms with E-state index in [0.29, 0.717) is 48.3 Å². The van der Waals surface area contributed by atoms with Crippen LogP contribution >= 0.6 is 11.3 Å². The Labute approximate surface area is 221 Å². The highest BCUT2D eigenvalue weighted by atomic mass is 32.1. The number of fused-ring (bicyclic) bond motifs is 3. The Balaban J connectivity index is 1.83. The number of amides is 1. The number of rotatable bonds is 10. The highest BCUT2D eigenvalue weighted by Gasteiger charge is 2.25. The summed E-state index contributed by atoms with van der Waals surface area (Å²) < 4.78 is 1.91. The molecule has 1 amide bonds. The fraction of sp³-hybridized carbons (Fsp3) is 0.464. The van der Waals surface area contributed by atoms with Gasteiger partial charge in [-0.1, -0.05) is 26.5 Å². The molecule has 9 heteroatoms. The van der Waals surface area contributed by atoms with Gasteiger partial charge in [0.25, 0.3) is 5.91 Å². The van der Waals surface area contributed by atoms with Crippen LogP contribution < -0.4 is 15.6 Å². The van der Waals surface area contributed by atoms with Crippen LogP contribution in [0, 0.1) is 0 Å². The fourth-order valence-electron chi connectivity index (χ4n) is 4.94. The largest absolute Gasteiger partial charge is 0.393 e. The SMILES string of the molecule is C=Cc1sc2c(C(=O)NCCN(CC)CCC)c(=O)c3cc(N4CCC(O)CC4)cnc3n2c1/C=C\C. The van der Waals surface area contributed by atoms with Crippen LogP contribution in [0.2, 0.25) is 0 Å². The molecule has 0 saturated carbocycles. The summed E-state index contributed by atoms with van der Waals surface area (Å²) in [5.74, 6) is -0.368. The molecule has 2 N–H and O–H groups in total. The molecule has 0 aliphatic carbocycles. The number of carbonyl (C=O) groups is 1. The number of carbonyl (C=O) groups excluding carboxylic acids is 1. The minimum atomic E-state index is -0.368. The van der Waals surface area contributed by atoms with Crippen molar-refractivity contribution in [2.45, 2.75) is 46.1 Å². The number of nitrogens with one attached hydrogen (secondary N) is 1. The number of likely N-dealkylation sites (N-methyl/N-ethyl adjacent to an activating group) is 1. The zero-order valence-corrected chi connectivity index (χ0v) is 22.8. The van der Waals surface area contributed by atoms with Crippen LogP contribution in [0.1, 0.15) is 61.0 Å². The third-order valence-corrected chi connectivity index (χ3v) is 8.10. The quantitative estimate of drug-likeness (QED) is 0.417. The molecule has 37 heavy (non-hydrogen) atoms. The molecule has 0 spiro atoms. The van der Waals surface area contributed by atoms with E-state index in [1.54, 1.807) is 12.3 Å². The van der Waals surface area contributed by atoms with Gasteiger partial charge >= 0.3 is 0 Å². The second-order valence-electron chi connectivity index (χ2n) is 9.37. The molecule has 1 aliphatic rings. The van der Waals surface area contributed by atoms with E-state index >= 15 is 0 Å². The van der Waals surface area contributed by atoms with Gasteiger partial charge in [-0.2, -0.15) is 0 Å². The lowest BCUT2D eigenvalue weighted by Crippen LogP contribution is -2.37. The number of anilines is 1. The van der Waals surface area contributed by atoms with E-state index in [4.69, 9.17) is 4.98 Å². The Bertz CT molecular complexity index is 1370. The van der Waals surface area contributed by atoms with E-state index < -0.39 is 0 Å². The molecule has 0 radical (unpaired) electrons. The van der Waals surface area contributed by atoms with E-state index in [2.05, 4.69) is 35.5 Å². The summed E-state index contributed by atoms with van der Waals surface area (Å²) in [7, 11) is 0. The van der Waals surface area contributed by atoms with E-state index in [0.717, 1.165) is 42.3 Å². The molecule has 1 fully saturated rings. The standard InChI is InChI=1S/C28H37N5O3S/c1-5-9-22-23(7-3)37-28-24(27(36)29-12-16-31(8-4)13-6-2)25(35)21-17-19(18-30-26(21)33(22)28)32-14-10-20(34)11-15-32/h5,7,9,17-18,20,34H,3,6,8,10-16H2,1-2,4H3,(H,29,36)/b9-5-. The number of thiazole rings is 1. The summed E-state index contributed by atoms with van der Waals surface area (Å²) in [6.07, 6.45) is 9.52. The smallest absolute Gasteiger partial charge is 0.258 e. The molecular formula is C28H37N5O3S. The number of nitrogens with zero attached hydrogens (tertiary/aromatic N) is 4. The molecule has 198 valence electrons. The first kappa shape index (κ1) is 27.0. The van der Waals surface area contributed by atoms with Gasteiger partial charge in [-0.15, -0.1) is 11.3 Å². The number of pyridine rings is 2. The highest BCUT2D eigenvalue weighted by Crippen LogP contribution is 2.31. The summed E-state index contributed by atoms with van der Waals surface area (Å²) >= 11 is 1.38. The van der Waals surface area contributed by atoms with Crippen LogP contribution in [0.15, 0.2) is 29.7 Å². The average Bonchev–Trinajstić information content (AvgIpc) is 3.26. The lowest BCUT2D eigenvalue weighted by Gasteiger charge is -2.31. The molecular weight excluding hydrogens is 486 g/mol. The van der Waals surface area contributed by atoms with Gasteiger partial charge in [0, 0.05) is 26.2 Å². The van der Waals surface area contributed by atoms with Crippen LogP contribution in [0.4, 0.5) is 5.69 Å². The third kappa shape index (κ3) is 5.49. The number of allylic oxidation sites excluding steroid dienone is 1.